The van der Waals surface area contributed by atoms with Crippen molar-refractivity contribution < 1.29 is 14.3 Å². The number of ether oxygens (including phenoxy) is 1. The van der Waals surface area contributed by atoms with Crippen LogP contribution in [-0.4, -0.2) is 24.2 Å². The van der Waals surface area contributed by atoms with Crippen LogP contribution in [0.1, 0.15) is 5.56 Å². The lowest BCUT2D eigenvalue weighted by Gasteiger charge is -2.08. The molecule has 0 aromatic heterocycles. The third-order valence-corrected chi connectivity index (χ3v) is 3.82. The first-order valence-corrected chi connectivity index (χ1v) is 8.04. The zero-order valence-electron chi connectivity index (χ0n) is 12.7. The molecular weight excluding hydrogens is 326 g/mol. The lowest BCUT2D eigenvalue weighted by molar-refractivity contribution is -0.128. The van der Waals surface area contributed by atoms with E-state index in [0.717, 1.165) is 4.90 Å². The van der Waals surface area contributed by atoms with Gasteiger partial charge in [0.25, 0.3) is 5.91 Å². The molecule has 0 heterocycles. The molecular formula is C17H15N3O3S. The fourth-order valence-corrected chi connectivity index (χ4v) is 2.37. The molecule has 0 fully saturated rings. The monoisotopic (exact) mass is 341 g/mol. The van der Waals surface area contributed by atoms with Gasteiger partial charge in [-0.25, -0.2) is 0 Å². The van der Waals surface area contributed by atoms with Crippen LogP contribution in [0.4, 0.5) is 0 Å². The van der Waals surface area contributed by atoms with Crippen molar-refractivity contribution in [3.8, 4) is 11.8 Å². The van der Waals surface area contributed by atoms with Crippen LogP contribution in [0.2, 0.25) is 0 Å². The van der Waals surface area contributed by atoms with Gasteiger partial charge in [0.15, 0.2) is 6.61 Å². The summed E-state index contributed by atoms with van der Waals surface area (Å²) in [5.41, 5.74) is 5.12. The van der Waals surface area contributed by atoms with Crippen LogP contribution in [0.3, 0.4) is 0 Å². The average Bonchev–Trinajstić information content (AvgIpc) is 2.64. The zero-order chi connectivity index (χ0) is 17.2. The van der Waals surface area contributed by atoms with Gasteiger partial charge in [0.1, 0.15) is 5.75 Å². The molecule has 0 unspecified atom stereocenters. The first-order valence-electron chi connectivity index (χ1n) is 7.06. The second-order valence-corrected chi connectivity index (χ2v) is 5.67. The Bertz CT molecular complexity index is 727. The lowest BCUT2D eigenvalue weighted by Crippen LogP contribution is -2.44. The Morgan fingerprint density at radius 1 is 1.00 bits per heavy atom. The van der Waals surface area contributed by atoms with Gasteiger partial charge in [-0.15, -0.1) is 11.8 Å². The third-order valence-electron chi connectivity index (χ3n) is 2.81. The molecule has 0 aliphatic heterocycles. The molecule has 0 saturated heterocycles. The predicted molar refractivity (Wildman–Crippen MR) is 90.1 cm³/mol. The number of amides is 2. The van der Waals surface area contributed by atoms with Crippen LogP contribution >= 0.6 is 11.8 Å². The van der Waals surface area contributed by atoms with Crippen molar-refractivity contribution in [1.82, 2.24) is 10.9 Å². The Hall–Kier alpha value is -2.98. The first-order chi connectivity index (χ1) is 11.7. The maximum Gasteiger partial charge on any atom is 0.276 e. The summed E-state index contributed by atoms with van der Waals surface area (Å²) in [4.78, 5) is 24.2. The van der Waals surface area contributed by atoms with Crippen molar-refractivity contribution in [3.05, 3.63) is 60.2 Å². The number of nitrogens with zero attached hydrogens (tertiary/aromatic N) is 1. The summed E-state index contributed by atoms with van der Waals surface area (Å²) in [7, 11) is 0. The van der Waals surface area contributed by atoms with E-state index in [-0.39, 0.29) is 18.3 Å². The highest BCUT2D eigenvalue weighted by molar-refractivity contribution is 8.00. The Morgan fingerprint density at radius 3 is 2.33 bits per heavy atom. The van der Waals surface area contributed by atoms with Gasteiger partial charge in [0.2, 0.25) is 5.91 Å². The summed E-state index contributed by atoms with van der Waals surface area (Å²) >= 11 is 1.37. The maximum atomic E-state index is 11.6. The number of thioether (sulfide) groups is 1. The van der Waals surface area contributed by atoms with Gasteiger partial charge in [-0.3, -0.25) is 20.4 Å². The second-order valence-electron chi connectivity index (χ2n) is 4.62. The minimum absolute atomic E-state index is 0.195. The van der Waals surface area contributed by atoms with Crippen molar-refractivity contribution in [3.63, 3.8) is 0 Å². The summed E-state index contributed by atoms with van der Waals surface area (Å²) in [6.45, 7) is -0.238. The van der Waals surface area contributed by atoms with E-state index in [4.69, 9.17) is 10.00 Å². The fraction of sp³-hybridized carbons (Fsp3) is 0.118. The van der Waals surface area contributed by atoms with Crippen LogP contribution < -0.4 is 15.6 Å². The smallest absolute Gasteiger partial charge is 0.276 e. The Labute approximate surface area is 143 Å². The first kappa shape index (κ1) is 17.4. The van der Waals surface area contributed by atoms with Crippen LogP contribution in [-0.2, 0) is 9.59 Å². The summed E-state index contributed by atoms with van der Waals surface area (Å²) in [5.74, 6) is -0.121. The minimum Gasteiger partial charge on any atom is -0.484 e. The Balaban J connectivity index is 1.65. The van der Waals surface area contributed by atoms with E-state index in [1.807, 2.05) is 36.4 Å². The predicted octanol–water partition coefficient (Wildman–Crippen LogP) is 1.88. The summed E-state index contributed by atoms with van der Waals surface area (Å²) in [6.07, 6.45) is 0. The molecule has 0 atom stereocenters. The van der Waals surface area contributed by atoms with E-state index < -0.39 is 5.91 Å². The highest BCUT2D eigenvalue weighted by Gasteiger charge is 2.06. The average molecular weight is 341 g/mol. The lowest BCUT2D eigenvalue weighted by atomic mass is 10.2. The van der Waals surface area contributed by atoms with Gasteiger partial charge in [-0.2, -0.15) is 5.26 Å². The van der Waals surface area contributed by atoms with Crippen molar-refractivity contribution in [1.29, 1.82) is 5.26 Å². The SMILES string of the molecule is N#Cc1ccc(OCC(=O)NNC(=O)CSc2ccccc2)cc1. The van der Waals surface area contributed by atoms with E-state index in [9.17, 15) is 9.59 Å². The molecule has 0 spiro atoms. The number of hydrogen-bond acceptors (Lipinski definition) is 5. The maximum absolute atomic E-state index is 11.6. The van der Waals surface area contributed by atoms with Crippen molar-refractivity contribution >= 4 is 23.6 Å². The molecule has 6 nitrogen and oxygen atoms in total. The molecule has 7 heteroatoms. The van der Waals surface area contributed by atoms with Gasteiger partial charge >= 0.3 is 0 Å². The highest BCUT2D eigenvalue weighted by atomic mass is 32.2. The topological polar surface area (TPSA) is 91.2 Å². The van der Waals surface area contributed by atoms with E-state index in [2.05, 4.69) is 10.9 Å². The summed E-state index contributed by atoms with van der Waals surface area (Å²) < 4.78 is 5.25. The van der Waals surface area contributed by atoms with Crippen LogP contribution in [0.25, 0.3) is 0 Å². The van der Waals surface area contributed by atoms with Crippen molar-refractivity contribution in [2.24, 2.45) is 0 Å². The third kappa shape index (κ3) is 6.02. The molecule has 0 radical (unpaired) electrons. The van der Waals surface area contributed by atoms with Gasteiger partial charge in [0.05, 0.1) is 17.4 Å². The molecule has 0 bridgehead atoms. The van der Waals surface area contributed by atoms with Crippen LogP contribution in [0.5, 0.6) is 5.75 Å². The minimum atomic E-state index is -0.475. The number of carbonyl (C=O) groups excluding carboxylic acids is 2. The van der Waals surface area contributed by atoms with E-state index in [1.165, 1.54) is 11.8 Å². The molecule has 2 aromatic rings. The van der Waals surface area contributed by atoms with E-state index >= 15 is 0 Å². The standard InChI is InChI=1S/C17H15N3O3S/c18-10-13-6-8-14(9-7-13)23-11-16(21)19-20-17(22)12-24-15-4-2-1-3-5-15/h1-9H,11-12H2,(H,19,21)(H,20,22). The largest absolute Gasteiger partial charge is 0.484 e. The van der Waals surface area contributed by atoms with E-state index in [1.54, 1.807) is 24.3 Å². The quantitative estimate of drug-likeness (QED) is 0.618. The van der Waals surface area contributed by atoms with Gasteiger partial charge in [-0.1, -0.05) is 18.2 Å². The van der Waals surface area contributed by atoms with Gasteiger partial charge in [0, 0.05) is 4.90 Å². The number of nitriles is 1. The number of rotatable bonds is 6. The molecule has 0 aliphatic carbocycles. The number of carbonyl (C=O) groups is 2. The number of benzene rings is 2. The molecule has 2 amide bonds. The molecule has 2 N–H and O–H groups in total. The molecule has 122 valence electrons. The normalized spacial score (nSPS) is 9.62. The Kier molecular flexibility index (Phi) is 6.68. The number of nitrogens with one attached hydrogen (secondary N) is 2. The molecule has 2 aromatic carbocycles. The summed E-state index contributed by atoms with van der Waals surface area (Å²) in [5, 5.41) is 8.69. The molecule has 0 aliphatic rings. The van der Waals surface area contributed by atoms with Crippen LogP contribution in [0.15, 0.2) is 59.5 Å². The number of hydrazine groups is 1. The van der Waals surface area contributed by atoms with E-state index in [0.29, 0.717) is 11.3 Å². The Morgan fingerprint density at radius 2 is 1.67 bits per heavy atom. The second kappa shape index (κ2) is 9.22. The fourth-order valence-electron chi connectivity index (χ4n) is 1.65. The molecule has 2 rings (SSSR count). The van der Waals surface area contributed by atoms with Gasteiger partial charge < -0.3 is 4.74 Å². The summed E-state index contributed by atoms with van der Waals surface area (Å²) in [6, 6.07) is 17.9. The van der Waals surface area contributed by atoms with Crippen LogP contribution in [0, 0.1) is 11.3 Å². The van der Waals surface area contributed by atoms with Gasteiger partial charge in [-0.05, 0) is 36.4 Å². The zero-order valence-corrected chi connectivity index (χ0v) is 13.5. The number of hydrogen-bond donors (Lipinski definition) is 2. The van der Waals surface area contributed by atoms with Crippen molar-refractivity contribution in [2.75, 3.05) is 12.4 Å². The molecule has 24 heavy (non-hydrogen) atoms. The molecule has 0 saturated carbocycles. The highest BCUT2D eigenvalue weighted by Crippen LogP contribution is 2.16. The van der Waals surface area contributed by atoms with Crippen molar-refractivity contribution in [2.45, 2.75) is 4.90 Å².